The number of hydrogen-bond acceptors (Lipinski definition) is 2. The highest BCUT2D eigenvalue weighted by atomic mass is 19.3. The highest BCUT2D eigenvalue weighted by molar-refractivity contribution is 5.27. The van der Waals surface area contributed by atoms with Crippen molar-refractivity contribution in [3.63, 3.8) is 0 Å². The minimum Gasteiger partial charge on any atom is -0.390 e. The van der Waals surface area contributed by atoms with E-state index in [0.29, 0.717) is 0 Å². The van der Waals surface area contributed by atoms with Gasteiger partial charge in [-0.15, -0.1) is 0 Å². The van der Waals surface area contributed by atoms with E-state index in [0.717, 1.165) is 6.07 Å². The predicted octanol–water partition coefficient (Wildman–Crippen LogP) is 1.96. The fraction of sp³-hybridized carbons (Fsp3) is 0.375. The molecule has 0 fully saturated rings. The van der Waals surface area contributed by atoms with Crippen molar-refractivity contribution in [3.05, 3.63) is 28.8 Å². The zero-order valence-corrected chi connectivity index (χ0v) is 6.89. The quantitative estimate of drug-likeness (QED) is 0.725. The Balaban J connectivity index is 3.25. The summed E-state index contributed by atoms with van der Waals surface area (Å²) in [6.07, 6.45) is -2.75. The molecule has 1 N–H and O–H groups in total. The SMILES string of the molecule is Cc1c(C(F)F)cc(CO)nc1F. The molecule has 0 aliphatic carbocycles. The summed E-state index contributed by atoms with van der Waals surface area (Å²) in [6, 6.07) is 1.00. The third kappa shape index (κ3) is 1.98. The van der Waals surface area contributed by atoms with Gasteiger partial charge in [-0.1, -0.05) is 0 Å². The van der Waals surface area contributed by atoms with Crippen LogP contribution in [-0.4, -0.2) is 10.1 Å². The first kappa shape index (κ1) is 9.98. The van der Waals surface area contributed by atoms with Gasteiger partial charge in [0.25, 0.3) is 6.43 Å². The minimum atomic E-state index is -2.75. The van der Waals surface area contributed by atoms with Crippen molar-refractivity contribution in [3.8, 4) is 0 Å². The molecule has 1 aromatic rings. The van der Waals surface area contributed by atoms with E-state index in [1.807, 2.05) is 0 Å². The molecule has 0 radical (unpaired) electrons. The van der Waals surface area contributed by atoms with E-state index in [1.54, 1.807) is 0 Å². The topological polar surface area (TPSA) is 33.1 Å². The van der Waals surface area contributed by atoms with Crippen LogP contribution in [-0.2, 0) is 6.61 Å². The van der Waals surface area contributed by atoms with Gasteiger partial charge in [0.05, 0.1) is 12.3 Å². The molecule has 5 heteroatoms. The third-order valence-corrected chi connectivity index (χ3v) is 1.70. The Bertz CT molecular complexity index is 315. The molecule has 0 aliphatic heterocycles. The van der Waals surface area contributed by atoms with Crippen LogP contribution in [0.5, 0.6) is 0 Å². The Labute approximate surface area is 73.0 Å². The molecule has 0 amide bonds. The van der Waals surface area contributed by atoms with Gasteiger partial charge in [-0.3, -0.25) is 0 Å². The van der Waals surface area contributed by atoms with E-state index in [4.69, 9.17) is 5.11 Å². The zero-order chi connectivity index (χ0) is 10.0. The molecule has 0 aliphatic rings. The number of nitrogens with zero attached hydrogens (tertiary/aromatic N) is 1. The third-order valence-electron chi connectivity index (χ3n) is 1.70. The summed E-state index contributed by atoms with van der Waals surface area (Å²) in [6.45, 7) is 0.682. The van der Waals surface area contributed by atoms with Crippen LogP contribution in [0.4, 0.5) is 13.2 Å². The van der Waals surface area contributed by atoms with E-state index in [2.05, 4.69) is 4.98 Å². The van der Waals surface area contributed by atoms with Crippen molar-refractivity contribution in [2.75, 3.05) is 0 Å². The highest BCUT2D eigenvalue weighted by Crippen LogP contribution is 2.24. The second-order valence-corrected chi connectivity index (χ2v) is 2.58. The molecular formula is C8H8F3NO. The van der Waals surface area contributed by atoms with Crippen LogP contribution in [0.25, 0.3) is 0 Å². The summed E-state index contributed by atoms with van der Waals surface area (Å²) in [5.41, 5.74) is -0.679. The average molecular weight is 191 g/mol. The molecule has 0 saturated carbocycles. The molecule has 0 saturated heterocycles. The molecule has 0 unspecified atom stereocenters. The maximum atomic E-state index is 12.8. The smallest absolute Gasteiger partial charge is 0.264 e. The number of hydrogen-bond donors (Lipinski definition) is 1. The van der Waals surface area contributed by atoms with E-state index in [1.165, 1.54) is 6.92 Å². The summed E-state index contributed by atoms with van der Waals surface area (Å²) < 4.78 is 37.3. The van der Waals surface area contributed by atoms with Gasteiger partial charge in [0.1, 0.15) is 0 Å². The number of aliphatic hydroxyl groups excluding tert-OH is 1. The first-order valence-electron chi connectivity index (χ1n) is 3.61. The molecule has 13 heavy (non-hydrogen) atoms. The molecule has 0 spiro atoms. The lowest BCUT2D eigenvalue weighted by Crippen LogP contribution is -2.01. The van der Waals surface area contributed by atoms with Crippen molar-refractivity contribution in [1.29, 1.82) is 0 Å². The molecule has 72 valence electrons. The monoisotopic (exact) mass is 191 g/mol. The molecule has 1 rings (SSSR count). The lowest BCUT2D eigenvalue weighted by atomic mass is 10.1. The van der Waals surface area contributed by atoms with E-state index in [-0.39, 0.29) is 11.3 Å². The highest BCUT2D eigenvalue weighted by Gasteiger charge is 2.15. The maximum absolute atomic E-state index is 12.8. The maximum Gasteiger partial charge on any atom is 0.264 e. The Morgan fingerprint density at radius 2 is 2.15 bits per heavy atom. The van der Waals surface area contributed by atoms with E-state index >= 15 is 0 Å². The Hall–Kier alpha value is -1.10. The van der Waals surface area contributed by atoms with Crippen LogP contribution in [0, 0.1) is 12.9 Å². The van der Waals surface area contributed by atoms with Crippen LogP contribution < -0.4 is 0 Å². The van der Waals surface area contributed by atoms with Gasteiger partial charge in [0.2, 0.25) is 5.95 Å². The summed E-state index contributed by atoms with van der Waals surface area (Å²) in [5.74, 6) is -0.957. The van der Waals surface area contributed by atoms with Crippen molar-refractivity contribution in [2.24, 2.45) is 0 Å². The van der Waals surface area contributed by atoms with Gasteiger partial charge in [0, 0.05) is 11.1 Å². The fourth-order valence-electron chi connectivity index (χ4n) is 0.957. The summed E-state index contributed by atoms with van der Waals surface area (Å²) in [7, 11) is 0. The van der Waals surface area contributed by atoms with Crippen molar-refractivity contribution in [1.82, 2.24) is 4.98 Å². The first-order valence-corrected chi connectivity index (χ1v) is 3.61. The molecule has 0 atom stereocenters. The lowest BCUT2D eigenvalue weighted by molar-refractivity contribution is 0.149. The molecule has 1 heterocycles. The van der Waals surface area contributed by atoms with Gasteiger partial charge in [0.15, 0.2) is 0 Å². The van der Waals surface area contributed by atoms with Gasteiger partial charge >= 0.3 is 0 Å². The summed E-state index contributed by atoms with van der Waals surface area (Å²) in [5, 5.41) is 8.59. The Morgan fingerprint density at radius 3 is 2.62 bits per heavy atom. The van der Waals surface area contributed by atoms with Crippen molar-refractivity contribution >= 4 is 0 Å². The number of rotatable bonds is 2. The van der Waals surface area contributed by atoms with Crippen molar-refractivity contribution in [2.45, 2.75) is 20.0 Å². The second-order valence-electron chi connectivity index (χ2n) is 2.58. The zero-order valence-electron chi connectivity index (χ0n) is 6.89. The molecule has 0 bridgehead atoms. The summed E-state index contributed by atoms with van der Waals surface area (Å²) in [4.78, 5) is 3.28. The number of aromatic nitrogens is 1. The first-order chi connectivity index (χ1) is 6.06. The van der Waals surface area contributed by atoms with Crippen LogP contribution in [0.2, 0.25) is 0 Å². The normalized spacial score (nSPS) is 10.9. The van der Waals surface area contributed by atoms with Crippen LogP contribution in [0.15, 0.2) is 6.07 Å². The molecule has 2 nitrogen and oxygen atoms in total. The van der Waals surface area contributed by atoms with Gasteiger partial charge in [-0.2, -0.15) is 4.39 Å². The Morgan fingerprint density at radius 1 is 1.54 bits per heavy atom. The average Bonchev–Trinajstić information content (AvgIpc) is 2.09. The number of alkyl halides is 2. The van der Waals surface area contributed by atoms with E-state index < -0.39 is 24.5 Å². The number of pyridine rings is 1. The molecule has 0 aromatic carbocycles. The van der Waals surface area contributed by atoms with Crippen LogP contribution >= 0.6 is 0 Å². The molecular weight excluding hydrogens is 183 g/mol. The van der Waals surface area contributed by atoms with E-state index in [9.17, 15) is 13.2 Å². The van der Waals surface area contributed by atoms with Gasteiger partial charge in [-0.05, 0) is 13.0 Å². The van der Waals surface area contributed by atoms with Crippen molar-refractivity contribution < 1.29 is 18.3 Å². The fourth-order valence-corrected chi connectivity index (χ4v) is 0.957. The van der Waals surface area contributed by atoms with Gasteiger partial charge < -0.3 is 5.11 Å². The second kappa shape index (κ2) is 3.74. The lowest BCUT2D eigenvalue weighted by Gasteiger charge is -2.06. The van der Waals surface area contributed by atoms with Crippen LogP contribution in [0.1, 0.15) is 23.2 Å². The Kier molecular flexibility index (Phi) is 2.87. The number of aliphatic hydroxyl groups is 1. The predicted molar refractivity (Wildman–Crippen MR) is 39.8 cm³/mol. The van der Waals surface area contributed by atoms with Gasteiger partial charge in [-0.25, -0.2) is 13.8 Å². The largest absolute Gasteiger partial charge is 0.390 e. The standard InChI is InChI=1S/C8H8F3NO/c1-4-6(7(9)10)2-5(3-13)12-8(4)11/h2,7,13H,3H2,1H3. The van der Waals surface area contributed by atoms with Crippen LogP contribution in [0.3, 0.4) is 0 Å². The number of halogens is 3. The molecule has 1 aromatic heterocycles. The minimum absolute atomic E-state index is 0.0848. The summed E-state index contributed by atoms with van der Waals surface area (Å²) >= 11 is 0.